The Hall–Kier alpha value is -1.10. The Morgan fingerprint density at radius 2 is 1.38 bits per heavy atom. The van der Waals surface area contributed by atoms with E-state index < -0.39 is 6.04 Å². The van der Waals surface area contributed by atoms with E-state index >= 15 is 0 Å². The van der Waals surface area contributed by atoms with Gasteiger partial charge in [0.2, 0.25) is 0 Å². The molecule has 0 saturated carbocycles. The predicted molar refractivity (Wildman–Crippen MR) is 82.9 cm³/mol. The predicted octanol–water partition coefficient (Wildman–Crippen LogP) is 2.49. The second-order valence-electron chi connectivity index (χ2n) is 6.04. The second-order valence-corrected chi connectivity index (χ2v) is 6.04. The van der Waals surface area contributed by atoms with Crippen LogP contribution >= 0.6 is 0 Å². The minimum Gasteiger partial charge on any atom is -0.465 e. The Bertz CT molecular complexity index is 311. The van der Waals surface area contributed by atoms with Gasteiger partial charge in [-0.1, -0.05) is 41.5 Å². The largest absolute Gasteiger partial charge is 0.465 e. The van der Waals surface area contributed by atoms with Gasteiger partial charge in [0.25, 0.3) is 0 Å². The van der Waals surface area contributed by atoms with Crippen molar-refractivity contribution >= 4 is 11.9 Å². The van der Waals surface area contributed by atoms with E-state index in [-0.39, 0.29) is 30.2 Å². The highest BCUT2D eigenvalue weighted by Gasteiger charge is 2.29. The summed E-state index contributed by atoms with van der Waals surface area (Å²) in [5.41, 5.74) is 0. The smallest absolute Gasteiger partial charge is 0.323 e. The fourth-order valence-electron chi connectivity index (χ4n) is 1.85. The average molecular weight is 301 g/mol. The van der Waals surface area contributed by atoms with Crippen molar-refractivity contribution in [3.8, 4) is 0 Å². The molecule has 0 spiro atoms. The number of carbonyl (C=O) groups is 2. The molecule has 21 heavy (non-hydrogen) atoms. The standard InChI is InChI=1S/C16H31NO4/c1-7-17(8-2)14(16(19)21-11-13(5)6)9-15(18)20-10-12(3)4/h12-14H,7-11H2,1-6H3. The third-order valence-corrected chi connectivity index (χ3v) is 3.02. The molecule has 1 unspecified atom stereocenters. The van der Waals surface area contributed by atoms with Crippen LogP contribution in [0.25, 0.3) is 0 Å². The first-order chi connectivity index (χ1) is 9.81. The molecule has 124 valence electrons. The molecule has 0 radical (unpaired) electrons. The Morgan fingerprint density at radius 3 is 1.81 bits per heavy atom. The molecule has 1 atom stereocenters. The molecule has 0 aliphatic rings. The molecule has 0 fully saturated rings. The zero-order chi connectivity index (χ0) is 16.4. The number of hydrogen-bond acceptors (Lipinski definition) is 5. The lowest BCUT2D eigenvalue weighted by Gasteiger charge is -2.27. The second kappa shape index (κ2) is 10.6. The van der Waals surface area contributed by atoms with Crippen molar-refractivity contribution in [2.24, 2.45) is 11.8 Å². The maximum atomic E-state index is 12.2. The van der Waals surface area contributed by atoms with Gasteiger partial charge in [-0.05, 0) is 24.9 Å². The maximum Gasteiger partial charge on any atom is 0.323 e. The molecule has 0 aliphatic heterocycles. The number of rotatable bonds is 10. The minimum absolute atomic E-state index is 0.0470. The quantitative estimate of drug-likeness (QED) is 0.580. The maximum absolute atomic E-state index is 12.2. The van der Waals surface area contributed by atoms with Crippen molar-refractivity contribution in [1.29, 1.82) is 0 Å². The van der Waals surface area contributed by atoms with Crippen molar-refractivity contribution < 1.29 is 19.1 Å². The van der Waals surface area contributed by atoms with Crippen LogP contribution < -0.4 is 0 Å². The third-order valence-electron chi connectivity index (χ3n) is 3.02. The summed E-state index contributed by atoms with van der Waals surface area (Å²) >= 11 is 0. The van der Waals surface area contributed by atoms with Gasteiger partial charge in [-0.2, -0.15) is 0 Å². The summed E-state index contributed by atoms with van der Waals surface area (Å²) in [7, 11) is 0. The van der Waals surface area contributed by atoms with Gasteiger partial charge in [0.1, 0.15) is 6.04 Å². The van der Waals surface area contributed by atoms with Crippen molar-refractivity contribution in [2.45, 2.75) is 54.0 Å². The van der Waals surface area contributed by atoms with Gasteiger partial charge in [0, 0.05) is 0 Å². The number of nitrogens with zero attached hydrogens (tertiary/aromatic N) is 1. The van der Waals surface area contributed by atoms with Gasteiger partial charge in [-0.3, -0.25) is 14.5 Å². The van der Waals surface area contributed by atoms with Crippen LogP contribution in [0.5, 0.6) is 0 Å². The Balaban J connectivity index is 4.65. The molecule has 0 heterocycles. The van der Waals surface area contributed by atoms with E-state index in [9.17, 15) is 9.59 Å². The van der Waals surface area contributed by atoms with Gasteiger partial charge in [0.05, 0.1) is 19.6 Å². The fourth-order valence-corrected chi connectivity index (χ4v) is 1.85. The number of ether oxygens (including phenoxy) is 2. The van der Waals surface area contributed by atoms with Crippen LogP contribution in [0.1, 0.15) is 48.0 Å². The first-order valence-electron chi connectivity index (χ1n) is 7.88. The molecule has 0 N–H and O–H groups in total. The molecule has 5 heteroatoms. The average Bonchev–Trinajstić information content (AvgIpc) is 2.42. The molecule has 0 bridgehead atoms. The number of esters is 2. The van der Waals surface area contributed by atoms with Crippen LogP contribution in [0.2, 0.25) is 0 Å². The highest BCUT2D eigenvalue weighted by atomic mass is 16.5. The molecule has 0 aromatic rings. The number of hydrogen-bond donors (Lipinski definition) is 0. The summed E-state index contributed by atoms with van der Waals surface area (Å²) < 4.78 is 10.5. The summed E-state index contributed by atoms with van der Waals surface area (Å²) in [6, 6.07) is -0.557. The molecule has 0 amide bonds. The van der Waals surface area contributed by atoms with Gasteiger partial charge in [0.15, 0.2) is 0 Å². The first kappa shape index (κ1) is 19.9. The van der Waals surface area contributed by atoms with Crippen molar-refractivity contribution in [1.82, 2.24) is 4.90 Å². The summed E-state index contributed by atoms with van der Waals surface area (Å²) in [6.07, 6.45) is 0.0470. The summed E-state index contributed by atoms with van der Waals surface area (Å²) in [4.78, 5) is 26.0. The van der Waals surface area contributed by atoms with E-state index in [1.807, 2.05) is 46.4 Å². The van der Waals surface area contributed by atoms with E-state index in [1.165, 1.54) is 0 Å². The summed E-state index contributed by atoms with van der Waals surface area (Å²) in [6.45, 7) is 14.0. The van der Waals surface area contributed by atoms with Gasteiger partial charge < -0.3 is 9.47 Å². The molecule has 0 aliphatic carbocycles. The van der Waals surface area contributed by atoms with E-state index in [1.54, 1.807) is 0 Å². The zero-order valence-electron chi connectivity index (χ0n) is 14.3. The first-order valence-corrected chi connectivity index (χ1v) is 7.88. The molecule has 0 rings (SSSR count). The lowest BCUT2D eigenvalue weighted by atomic mass is 10.1. The van der Waals surface area contributed by atoms with Gasteiger partial charge in [-0.15, -0.1) is 0 Å². The van der Waals surface area contributed by atoms with Crippen molar-refractivity contribution in [3.63, 3.8) is 0 Å². The Labute approximate surface area is 129 Å². The molecule has 0 aromatic heterocycles. The minimum atomic E-state index is -0.557. The number of likely N-dealkylation sites (N-methyl/N-ethyl adjacent to an activating group) is 1. The summed E-state index contributed by atoms with van der Waals surface area (Å²) in [5, 5.41) is 0. The zero-order valence-corrected chi connectivity index (χ0v) is 14.3. The number of carbonyl (C=O) groups excluding carboxylic acids is 2. The highest BCUT2D eigenvalue weighted by molar-refractivity contribution is 5.82. The van der Waals surface area contributed by atoms with Gasteiger partial charge >= 0.3 is 11.9 Å². The Morgan fingerprint density at radius 1 is 0.905 bits per heavy atom. The van der Waals surface area contributed by atoms with E-state index in [2.05, 4.69) is 0 Å². The molecule has 0 aromatic carbocycles. The van der Waals surface area contributed by atoms with Crippen molar-refractivity contribution in [2.75, 3.05) is 26.3 Å². The molecular formula is C16H31NO4. The fraction of sp³-hybridized carbons (Fsp3) is 0.875. The van der Waals surface area contributed by atoms with Gasteiger partial charge in [-0.25, -0.2) is 0 Å². The van der Waals surface area contributed by atoms with Crippen LogP contribution in [0.15, 0.2) is 0 Å². The van der Waals surface area contributed by atoms with E-state index in [0.717, 1.165) is 0 Å². The van der Waals surface area contributed by atoms with Crippen molar-refractivity contribution in [3.05, 3.63) is 0 Å². The topological polar surface area (TPSA) is 55.8 Å². The third kappa shape index (κ3) is 8.71. The lowest BCUT2D eigenvalue weighted by Crippen LogP contribution is -2.44. The summed E-state index contributed by atoms with van der Waals surface area (Å²) in [5.74, 6) is -0.121. The molecular weight excluding hydrogens is 270 g/mol. The monoisotopic (exact) mass is 301 g/mol. The van der Waals surface area contributed by atoms with Crippen LogP contribution in [-0.2, 0) is 19.1 Å². The van der Waals surface area contributed by atoms with Crippen LogP contribution in [-0.4, -0.2) is 49.2 Å². The van der Waals surface area contributed by atoms with Crippen LogP contribution in [0.3, 0.4) is 0 Å². The SMILES string of the molecule is CCN(CC)C(CC(=O)OCC(C)C)C(=O)OCC(C)C. The lowest BCUT2D eigenvalue weighted by molar-refractivity contribution is -0.157. The van der Waals surface area contributed by atoms with Crippen LogP contribution in [0.4, 0.5) is 0 Å². The Kier molecular flexibility index (Phi) is 10.0. The molecule has 5 nitrogen and oxygen atoms in total. The highest BCUT2D eigenvalue weighted by Crippen LogP contribution is 2.10. The van der Waals surface area contributed by atoms with E-state index in [0.29, 0.717) is 26.3 Å². The molecule has 0 saturated heterocycles. The van der Waals surface area contributed by atoms with Crippen LogP contribution in [0, 0.1) is 11.8 Å². The normalized spacial score (nSPS) is 12.8. The van der Waals surface area contributed by atoms with E-state index in [4.69, 9.17) is 9.47 Å².